The molecule has 25 heteroatoms. The van der Waals surface area contributed by atoms with Crippen LogP contribution in [-0.4, -0.2) is 91.7 Å². The summed E-state index contributed by atoms with van der Waals surface area (Å²) < 4.78 is 13.3. The highest BCUT2D eigenvalue weighted by molar-refractivity contribution is 6.06. The van der Waals surface area contributed by atoms with Gasteiger partial charge >= 0.3 is 18.2 Å². The quantitative estimate of drug-likeness (QED) is 0.0574. The molecule has 0 bridgehead atoms. The van der Waals surface area contributed by atoms with Crippen LogP contribution >= 0.6 is 0 Å². The van der Waals surface area contributed by atoms with Gasteiger partial charge in [-0.3, -0.25) is 44.3 Å². The van der Waals surface area contributed by atoms with Crippen LogP contribution in [-0.2, 0) is 35.7 Å². The third-order valence-corrected chi connectivity index (χ3v) is 12.4. The fourth-order valence-corrected chi connectivity index (χ4v) is 8.77. The minimum Gasteiger partial charge on any atom is -0.478 e. The summed E-state index contributed by atoms with van der Waals surface area (Å²) in [5.74, 6) is -2.10. The molecule has 10 N–H and O–H groups in total. The number of nitrogens with two attached hydrogens (primary N) is 3. The molecule has 25 nitrogen and oxygen atoms in total. The monoisotopic (exact) mass is 1150 g/mol. The summed E-state index contributed by atoms with van der Waals surface area (Å²) in [5, 5.41) is 45.5. The lowest BCUT2D eigenvalue weighted by Crippen LogP contribution is -2.28. The van der Waals surface area contributed by atoms with Crippen LogP contribution in [0.1, 0.15) is 150 Å². The molecule has 0 aliphatic heterocycles. The summed E-state index contributed by atoms with van der Waals surface area (Å²) in [7, 11) is 0. The number of rotatable bonds is 13. The van der Waals surface area contributed by atoms with Gasteiger partial charge in [-0.15, -0.1) is 0 Å². The Labute approximate surface area is 489 Å². The molecule has 5 amide bonds. The highest BCUT2D eigenvalue weighted by Crippen LogP contribution is 2.25. The molecule has 0 atom stereocenters. The molecule has 8 rings (SSSR count). The van der Waals surface area contributed by atoms with Crippen molar-refractivity contribution in [3.8, 4) is 12.1 Å². The Balaban J connectivity index is 0.000000227. The van der Waals surface area contributed by atoms with Crippen molar-refractivity contribution in [2.24, 2.45) is 17.2 Å². The van der Waals surface area contributed by atoms with Crippen molar-refractivity contribution in [2.45, 2.75) is 120 Å². The van der Waals surface area contributed by atoms with E-state index in [1.54, 1.807) is 70.4 Å². The van der Waals surface area contributed by atoms with Crippen molar-refractivity contribution in [1.29, 1.82) is 10.5 Å². The van der Waals surface area contributed by atoms with Crippen LogP contribution in [0.5, 0.6) is 0 Å². The highest BCUT2D eigenvalue weighted by atomic mass is 16.6. The van der Waals surface area contributed by atoms with Crippen LogP contribution in [0.25, 0.3) is 21.8 Å². The minimum absolute atomic E-state index is 0.0376. The van der Waals surface area contributed by atoms with Crippen LogP contribution in [0.3, 0.4) is 0 Å². The van der Waals surface area contributed by atoms with E-state index in [-0.39, 0.29) is 53.3 Å². The van der Waals surface area contributed by atoms with Gasteiger partial charge in [0.1, 0.15) is 40.5 Å². The van der Waals surface area contributed by atoms with Crippen molar-refractivity contribution < 1.29 is 43.3 Å². The van der Waals surface area contributed by atoms with Crippen molar-refractivity contribution >= 4 is 69.3 Å². The molecule has 6 aromatic heterocycles. The first-order valence-electron chi connectivity index (χ1n) is 26.3. The summed E-state index contributed by atoms with van der Waals surface area (Å²) >= 11 is 0. The van der Waals surface area contributed by atoms with Crippen LogP contribution < -0.4 is 33.2 Å². The number of nitrogens with zero attached hydrogens (tertiary/aromatic N) is 10. The van der Waals surface area contributed by atoms with Gasteiger partial charge in [0.2, 0.25) is 0 Å². The molecule has 0 radical (unpaired) electrons. The lowest BCUT2D eigenvalue weighted by Gasteiger charge is -2.20. The van der Waals surface area contributed by atoms with Crippen molar-refractivity contribution in [3.05, 3.63) is 163 Å². The predicted molar refractivity (Wildman–Crippen MR) is 315 cm³/mol. The number of fused-ring (bicyclic) bond motifs is 2. The van der Waals surface area contributed by atoms with Crippen LogP contribution in [0, 0.1) is 64.2 Å². The third-order valence-electron chi connectivity index (χ3n) is 12.4. The topological polar surface area (TPSA) is 390 Å². The van der Waals surface area contributed by atoms with Gasteiger partial charge in [0.05, 0.1) is 40.8 Å². The molecular formula is C60H66N16O9. The van der Waals surface area contributed by atoms with E-state index >= 15 is 0 Å². The summed E-state index contributed by atoms with van der Waals surface area (Å²) in [5.41, 5.74) is 25.1. The molecule has 0 aliphatic rings. The van der Waals surface area contributed by atoms with E-state index in [2.05, 4.69) is 46.1 Å². The molecule has 0 aliphatic carbocycles. The first-order valence-corrected chi connectivity index (χ1v) is 26.3. The normalized spacial score (nSPS) is 11.0. The van der Waals surface area contributed by atoms with Gasteiger partial charge < -0.3 is 37.1 Å². The van der Waals surface area contributed by atoms with Crippen molar-refractivity contribution in [1.82, 2.24) is 44.8 Å². The number of primary amides is 2. The molecule has 0 saturated heterocycles. The third kappa shape index (κ3) is 17.0. The van der Waals surface area contributed by atoms with E-state index in [1.807, 2.05) is 85.7 Å². The number of nitrogens with one attached hydrogen (secondary N) is 3. The average Bonchev–Trinajstić information content (AvgIpc) is 3.34. The van der Waals surface area contributed by atoms with Crippen LogP contribution in [0.4, 0.5) is 21.2 Å². The summed E-state index contributed by atoms with van der Waals surface area (Å²) in [6.07, 6.45) is 4.97. The van der Waals surface area contributed by atoms with Gasteiger partial charge in [0.15, 0.2) is 11.4 Å². The maximum atomic E-state index is 13.1. The van der Waals surface area contributed by atoms with Crippen LogP contribution in [0.15, 0.2) is 73.3 Å². The lowest BCUT2D eigenvalue weighted by molar-refractivity contribution is 0.0624. The lowest BCUT2D eigenvalue weighted by atomic mass is 10.0. The number of ether oxygens (including phenoxy) is 2. The Morgan fingerprint density at radius 3 is 1.38 bits per heavy atom. The second-order valence-electron chi connectivity index (χ2n) is 21.8. The van der Waals surface area contributed by atoms with Crippen molar-refractivity contribution in [2.75, 3.05) is 10.6 Å². The van der Waals surface area contributed by atoms with Gasteiger partial charge in [-0.1, -0.05) is 0 Å². The van der Waals surface area contributed by atoms with Gasteiger partial charge in [-0.25, -0.2) is 24.4 Å². The van der Waals surface area contributed by atoms with Gasteiger partial charge in [0.25, 0.3) is 17.7 Å². The first-order chi connectivity index (χ1) is 39.8. The number of aromatic nitrogens is 8. The SMILES string of the molecule is Cc1cc(NC(=O)OC(C)(C)C)nc(C)c1CN.Cc1cnc2c(C(N)=O)cc(Cn3cc(C(=O)NCc4c(C)cc(NC(=O)OC(C)(C)C)nc4C)c(C#N)n3)cc2c1.Cc1cnc2c(C(N)=O)cc(Cn3cc(C(=O)O)c(C#N)n3)cc2c1. The number of benzene rings is 2. The molecule has 440 valence electrons. The Morgan fingerprint density at radius 2 is 1.01 bits per heavy atom. The smallest absolute Gasteiger partial charge is 0.413 e. The Bertz CT molecular complexity index is 3980. The summed E-state index contributed by atoms with van der Waals surface area (Å²) in [6, 6.07) is 17.9. The predicted octanol–water partition coefficient (Wildman–Crippen LogP) is 8.01. The molecule has 0 saturated carbocycles. The molecule has 6 heterocycles. The first kappa shape index (κ1) is 63.5. The number of carboxylic acid groups (broad SMARTS) is 1. The van der Waals surface area contributed by atoms with Gasteiger partial charge in [-0.2, -0.15) is 20.7 Å². The molecule has 2 aromatic carbocycles. The number of carbonyl (C=O) groups excluding carboxylic acids is 5. The largest absolute Gasteiger partial charge is 0.478 e. The zero-order chi connectivity index (χ0) is 62.8. The van der Waals surface area contributed by atoms with E-state index in [0.717, 1.165) is 49.8 Å². The van der Waals surface area contributed by atoms with Gasteiger partial charge in [0, 0.05) is 60.0 Å². The van der Waals surface area contributed by atoms with Crippen LogP contribution in [0.2, 0.25) is 0 Å². The fourth-order valence-electron chi connectivity index (χ4n) is 8.77. The maximum Gasteiger partial charge on any atom is 0.413 e. The number of hydrogen-bond donors (Lipinski definition) is 7. The maximum absolute atomic E-state index is 13.1. The second-order valence-corrected chi connectivity index (χ2v) is 21.8. The average molecular weight is 1160 g/mol. The Morgan fingerprint density at radius 1 is 0.600 bits per heavy atom. The number of amides is 5. The van der Waals surface area contributed by atoms with E-state index in [4.69, 9.17) is 37.0 Å². The Kier molecular flexibility index (Phi) is 19.8. The molecule has 0 unspecified atom stereocenters. The number of anilines is 2. The fraction of sp³-hybridized carbons (Fsp3) is 0.300. The molecule has 0 spiro atoms. The zero-order valence-corrected chi connectivity index (χ0v) is 49.2. The number of pyridine rings is 4. The number of carboxylic acids is 1. The second kappa shape index (κ2) is 26.5. The number of aromatic carboxylic acids is 1. The number of nitriles is 2. The van der Waals surface area contributed by atoms with E-state index < -0.39 is 47.1 Å². The molecule has 0 fully saturated rings. The minimum atomic E-state index is -1.22. The number of carbonyl (C=O) groups is 6. The highest BCUT2D eigenvalue weighted by Gasteiger charge is 2.22. The molecule has 8 aromatic rings. The standard InChI is InChI=1S/C30H32N8O4.C17H13N5O3.C13H21N3O2/c1-16-7-20-9-19(10-21(27(32)39)26(20)33-12-16)14-38-15-23(24(11-31)37-38)28(40)34-13-22-17(2)8-25(35-18(22)3)36-29(41)42-30(4,5)6;1-9-2-11-3-10(4-12(16(19)23)15(11)20-6-9)7-22-8-13(17(24)25)14(5-18)21-22;1-8-6-11(15-9(2)10(8)7-14)16-12(17)18-13(3,4)5/h7-10,12,15H,13-14H2,1-6H3,(H2,32,39)(H,34,40)(H,35,36,41);2-4,6,8H,7H2,1H3,(H2,19,23)(H,24,25);6H,7,14H2,1-5H3,(H,15,16,17). The molecular weight excluding hydrogens is 1090 g/mol. The Hall–Kier alpha value is -10.7. The summed E-state index contributed by atoms with van der Waals surface area (Å²) in [6.45, 7) is 22.9. The van der Waals surface area contributed by atoms with Gasteiger partial charge in [-0.05, 0) is 176 Å². The summed E-state index contributed by atoms with van der Waals surface area (Å²) in [4.78, 5) is 89.1. The zero-order valence-electron chi connectivity index (χ0n) is 49.2. The van der Waals surface area contributed by atoms with Crippen molar-refractivity contribution in [3.63, 3.8) is 0 Å². The number of hydrogen-bond acceptors (Lipinski definition) is 17. The number of aryl methyl sites for hydroxylation is 6. The van der Waals surface area contributed by atoms with E-state index in [9.17, 15) is 34.0 Å². The van der Waals surface area contributed by atoms with E-state index in [0.29, 0.717) is 46.0 Å². The van der Waals surface area contributed by atoms with E-state index in [1.165, 1.54) is 21.8 Å². The molecule has 85 heavy (non-hydrogen) atoms.